The van der Waals surface area contributed by atoms with Gasteiger partial charge in [-0.2, -0.15) is 0 Å². The van der Waals surface area contributed by atoms with Crippen LogP contribution in [0.4, 0.5) is 0 Å². The predicted molar refractivity (Wildman–Crippen MR) is 53.6 cm³/mol. The van der Waals surface area contributed by atoms with Crippen LogP contribution >= 0.6 is 0 Å². The van der Waals surface area contributed by atoms with Crippen LogP contribution in [-0.2, 0) is 23.9 Å². The first kappa shape index (κ1) is 14.2. The van der Waals surface area contributed by atoms with Gasteiger partial charge in [-0.3, -0.25) is 9.59 Å². The number of hydrogen-bond acceptors (Lipinski definition) is 6. The Labute approximate surface area is 92.8 Å². The van der Waals surface area contributed by atoms with E-state index in [-0.39, 0.29) is 12.2 Å². The second-order valence-electron chi connectivity index (χ2n) is 2.87. The summed E-state index contributed by atoms with van der Waals surface area (Å²) in [4.78, 5) is 33.2. The molecule has 0 bridgehead atoms. The van der Waals surface area contributed by atoms with E-state index in [1.807, 2.05) is 0 Å². The fourth-order valence-corrected chi connectivity index (χ4v) is 0.820. The Balaban J connectivity index is 4.68. The van der Waals surface area contributed by atoms with Crippen LogP contribution in [0.2, 0.25) is 0 Å². The third-order valence-electron chi connectivity index (χ3n) is 1.77. The highest BCUT2D eigenvalue weighted by atomic mass is 16.5. The zero-order valence-electron chi connectivity index (χ0n) is 9.40. The molecule has 0 radical (unpaired) electrons. The van der Waals surface area contributed by atoms with E-state index < -0.39 is 29.9 Å². The van der Waals surface area contributed by atoms with Gasteiger partial charge in [0.05, 0.1) is 13.7 Å². The number of methoxy groups -OCH3 is 1. The third-order valence-corrected chi connectivity index (χ3v) is 1.77. The predicted octanol–water partition coefficient (Wildman–Crippen LogP) is 0.514. The Kier molecular flexibility index (Phi) is 5.84. The monoisotopic (exact) mass is 230 g/mol. The fraction of sp³-hybridized carbons (Fsp3) is 0.500. The van der Waals surface area contributed by atoms with Crippen molar-refractivity contribution in [1.82, 2.24) is 0 Å². The van der Waals surface area contributed by atoms with Crippen molar-refractivity contribution in [2.45, 2.75) is 20.3 Å². The maximum atomic E-state index is 11.3. The van der Waals surface area contributed by atoms with Crippen LogP contribution in [0, 0.1) is 0 Å². The van der Waals surface area contributed by atoms with Gasteiger partial charge in [0.2, 0.25) is 5.76 Å². The number of esters is 2. The average molecular weight is 230 g/mol. The van der Waals surface area contributed by atoms with Crippen LogP contribution in [0.25, 0.3) is 0 Å². The topological polar surface area (TPSA) is 89.9 Å². The summed E-state index contributed by atoms with van der Waals surface area (Å²) in [5.74, 6) is -3.19. The molecular formula is C10H14O6. The summed E-state index contributed by atoms with van der Waals surface area (Å²) in [6.45, 7) is 2.88. The molecule has 0 unspecified atom stereocenters. The Hall–Kier alpha value is -1.85. The van der Waals surface area contributed by atoms with Crippen molar-refractivity contribution in [3.63, 3.8) is 0 Å². The van der Waals surface area contributed by atoms with Gasteiger partial charge in [0.15, 0.2) is 5.78 Å². The van der Waals surface area contributed by atoms with Crippen molar-refractivity contribution >= 4 is 17.7 Å². The molecule has 0 rings (SSSR count). The zero-order valence-corrected chi connectivity index (χ0v) is 9.40. The van der Waals surface area contributed by atoms with E-state index in [1.165, 1.54) is 6.92 Å². The molecule has 1 N–H and O–H groups in total. The van der Waals surface area contributed by atoms with Gasteiger partial charge in [-0.1, -0.05) is 0 Å². The molecule has 0 amide bonds. The number of rotatable bonds is 5. The van der Waals surface area contributed by atoms with Gasteiger partial charge in [-0.25, -0.2) is 4.79 Å². The normalized spacial score (nSPS) is 11.4. The molecule has 0 aliphatic rings. The summed E-state index contributed by atoms with van der Waals surface area (Å²) in [5, 5.41) is 9.31. The molecule has 0 fully saturated rings. The lowest BCUT2D eigenvalue weighted by Gasteiger charge is -2.04. The summed E-state index contributed by atoms with van der Waals surface area (Å²) >= 11 is 0. The minimum absolute atomic E-state index is 0.0847. The highest BCUT2D eigenvalue weighted by Gasteiger charge is 2.19. The number of aliphatic hydroxyl groups excluding tert-OH is 1. The fourth-order valence-electron chi connectivity index (χ4n) is 0.820. The maximum Gasteiger partial charge on any atom is 0.373 e. The summed E-state index contributed by atoms with van der Waals surface area (Å²) in [7, 11) is 1.14. The van der Waals surface area contributed by atoms with Crippen molar-refractivity contribution < 1.29 is 29.0 Å². The largest absolute Gasteiger partial charge is 0.502 e. The lowest BCUT2D eigenvalue weighted by Crippen LogP contribution is -2.16. The molecule has 0 spiro atoms. The molecule has 0 aromatic heterocycles. The summed E-state index contributed by atoms with van der Waals surface area (Å²) in [6.07, 6.45) is -0.522. The van der Waals surface area contributed by atoms with Crippen molar-refractivity contribution in [3.05, 3.63) is 11.3 Å². The Morgan fingerprint density at radius 3 is 2.25 bits per heavy atom. The first-order chi connectivity index (χ1) is 7.43. The molecule has 0 atom stereocenters. The Morgan fingerprint density at radius 2 is 1.81 bits per heavy atom. The Morgan fingerprint density at radius 1 is 1.25 bits per heavy atom. The van der Waals surface area contributed by atoms with Crippen LogP contribution in [0.5, 0.6) is 0 Å². The number of ketones is 1. The lowest BCUT2D eigenvalue weighted by atomic mass is 10.1. The highest BCUT2D eigenvalue weighted by Crippen LogP contribution is 2.07. The van der Waals surface area contributed by atoms with E-state index in [0.29, 0.717) is 0 Å². The number of allylic oxidation sites excluding steroid dienone is 1. The van der Waals surface area contributed by atoms with E-state index in [2.05, 4.69) is 9.47 Å². The number of carbonyl (C=O) groups is 3. The number of Topliss-reactive ketones (excluding diaryl/α,β-unsaturated/α-hetero) is 1. The first-order valence-electron chi connectivity index (χ1n) is 4.61. The van der Waals surface area contributed by atoms with E-state index in [1.54, 1.807) is 6.92 Å². The van der Waals surface area contributed by atoms with Gasteiger partial charge in [-0.05, 0) is 13.8 Å². The van der Waals surface area contributed by atoms with Crippen LogP contribution in [0.1, 0.15) is 20.3 Å². The molecule has 0 heterocycles. The SMILES string of the molecule is CCOC(=O)/C(O)=C(\C)C(=O)CC(=O)OC. The standard InChI is InChI=1S/C10H14O6/c1-4-16-10(14)9(13)6(2)7(11)5-8(12)15-3/h13H,4-5H2,1-3H3/b9-6-. The zero-order chi connectivity index (χ0) is 12.7. The molecule has 0 aromatic rings. The maximum absolute atomic E-state index is 11.3. The van der Waals surface area contributed by atoms with Crippen molar-refractivity contribution in [2.24, 2.45) is 0 Å². The number of carbonyl (C=O) groups excluding carboxylic acids is 3. The molecular weight excluding hydrogens is 216 g/mol. The van der Waals surface area contributed by atoms with Gasteiger partial charge in [-0.15, -0.1) is 0 Å². The molecule has 0 aliphatic carbocycles. The number of ether oxygens (including phenoxy) is 2. The first-order valence-corrected chi connectivity index (χ1v) is 4.61. The van der Waals surface area contributed by atoms with Crippen molar-refractivity contribution in [1.29, 1.82) is 0 Å². The van der Waals surface area contributed by atoms with Crippen molar-refractivity contribution in [3.8, 4) is 0 Å². The van der Waals surface area contributed by atoms with E-state index >= 15 is 0 Å². The van der Waals surface area contributed by atoms with Gasteiger partial charge in [0.1, 0.15) is 6.42 Å². The van der Waals surface area contributed by atoms with Gasteiger partial charge in [0.25, 0.3) is 0 Å². The summed E-state index contributed by atoms with van der Waals surface area (Å²) in [5.41, 5.74) is -0.219. The van der Waals surface area contributed by atoms with Crippen molar-refractivity contribution in [2.75, 3.05) is 13.7 Å². The van der Waals surface area contributed by atoms with Gasteiger partial charge >= 0.3 is 11.9 Å². The second-order valence-corrected chi connectivity index (χ2v) is 2.87. The van der Waals surface area contributed by atoms with Gasteiger partial charge < -0.3 is 14.6 Å². The molecule has 90 valence electrons. The van der Waals surface area contributed by atoms with E-state index in [4.69, 9.17) is 0 Å². The molecule has 6 nitrogen and oxygen atoms in total. The highest BCUT2D eigenvalue weighted by molar-refractivity contribution is 6.08. The smallest absolute Gasteiger partial charge is 0.373 e. The molecule has 16 heavy (non-hydrogen) atoms. The van der Waals surface area contributed by atoms with Gasteiger partial charge in [0, 0.05) is 5.57 Å². The number of hydrogen-bond donors (Lipinski definition) is 1. The van der Waals surface area contributed by atoms with Crippen LogP contribution < -0.4 is 0 Å². The summed E-state index contributed by atoms with van der Waals surface area (Å²) < 4.78 is 8.77. The molecule has 0 saturated heterocycles. The summed E-state index contributed by atoms with van der Waals surface area (Å²) in [6, 6.07) is 0. The minimum atomic E-state index is -0.988. The number of aliphatic hydroxyl groups is 1. The molecule has 0 aliphatic heterocycles. The van der Waals surface area contributed by atoms with E-state index in [9.17, 15) is 19.5 Å². The van der Waals surface area contributed by atoms with Crippen LogP contribution in [-0.4, -0.2) is 36.5 Å². The lowest BCUT2D eigenvalue weighted by molar-refractivity contribution is -0.144. The average Bonchev–Trinajstić information content (AvgIpc) is 2.26. The third kappa shape index (κ3) is 4.12. The molecule has 6 heteroatoms. The van der Waals surface area contributed by atoms with Crippen LogP contribution in [0.3, 0.4) is 0 Å². The molecule has 0 aromatic carbocycles. The Bertz CT molecular complexity index is 328. The quantitative estimate of drug-likeness (QED) is 0.320. The second kappa shape index (κ2) is 6.60. The minimum Gasteiger partial charge on any atom is -0.502 e. The van der Waals surface area contributed by atoms with Crippen LogP contribution in [0.15, 0.2) is 11.3 Å². The van der Waals surface area contributed by atoms with E-state index in [0.717, 1.165) is 7.11 Å². The molecule has 0 saturated carbocycles.